The average molecular weight is 539 g/mol. The van der Waals surface area contributed by atoms with Gasteiger partial charge in [-0.25, -0.2) is 10.2 Å². The zero-order chi connectivity index (χ0) is 28.3. The van der Waals surface area contributed by atoms with Crippen LogP contribution in [0.15, 0.2) is 102 Å². The molecule has 0 saturated carbocycles. The Kier molecular flexibility index (Phi) is 9.50. The number of carbonyl (C=O) groups excluding carboxylic acids is 2. The molecule has 4 aromatic carbocycles. The van der Waals surface area contributed by atoms with E-state index in [1.54, 1.807) is 56.5 Å². The highest BCUT2D eigenvalue weighted by atomic mass is 16.6. The Bertz CT molecular complexity index is 1450. The van der Waals surface area contributed by atoms with E-state index in [0.29, 0.717) is 35.0 Å². The Morgan fingerprint density at radius 2 is 1.52 bits per heavy atom. The molecule has 1 unspecified atom stereocenters. The molecule has 4 aromatic rings. The fraction of sp³-hybridized carbons (Fsp3) is 0.156. The van der Waals surface area contributed by atoms with Crippen molar-refractivity contribution in [1.82, 2.24) is 5.43 Å². The van der Waals surface area contributed by atoms with E-state index in [1.165, 1.54) is 6.21 Å². The van der Waals surface area contributed by atoms with E-state index in [9.17, 15) is 9.59 Å². The SMILES string of the molecule is CCOc1cc(/C=N/NC(=O)C(C)Oc2ccc(-c3ccccc3)cc2)ccc1OC(=O)c1ccc(OC)cc1. The Labute approximate surface area is 233 Å². The highest BCUT2D eigenvalue weighted by Crippen LogP contribution is 2.29. The summed E-state index contributed by atoms with van der Waals surface area (Å²) < 4.78 is 22.1. The van der Waals surface area contributed by atoms with E-state index >= 15 is 0 Å². The van der Waals surface area contributed by atoms with Crippen molar-refractivity contribution < 1.29 is 28.5 Å². The van der Waals surface area contributed by atoms with Gasteiger partial charge in [-0.05, 0) is 85.1 Å². The van der Waals surface area contributed by atoms with Crippen molar-refractivity contribution in [3.05, 3.63) is 108 Å². The van der Waals surface area contributed by atoms with Crippen LogP contribution in [0, 0.1) is 0 Å². The van der Waals surface area contributed by atoms with Gasteiger partial charge in [0.1, 0.15) is 11.5 Å². The van der Waals surface area contributed by atoms with Gasteiger partial charge in [-0.15, -0.1) is 0 Å². The maximum atomic E-state index is 12.6. The van der Waals surface area contributed by atoms with Gasteiger partial charge in [0.15, 0.2) is 17.6 Å². The van der Waals surface area contributed by atoms with E-state index in [4.69, 9.17) is 18.9 Å². The molecule has 8 heteroatoms. The predicted octanol–water partition coefficient (Wildman–Crippen LogP) is 5.90. The van der Waals surface area contributed by atoms with E-state index in [-0.39, 0.29) is 5.75 Å². The fourth-order valence-corrected chi connectivity index (χ4v) is 3.72. The number of hydrogen-bond acceptors (Lipinski definition) is 7. The second-order valence-electron chi connectivity index (χ2n) is 8.64. The van der Waals surface area contributed by atoms with Crippen LogP contribution in [0.3, 0.4) is 0 Å². The summed E-state index contributed by atoms with van der Waals surface area (Å²) in [6.07, 6.45) is 0.704. The normalized spacial score (nSPS) is 11.5. The van der Waals surface area contributed by atoms with Crippen molar-refractivity contribution in [2.24, 2.45) is 5.10 Å². The molecule has 0 bridgehead atoms. The molecule has 0 radical (unpaired) electrons. The first-order chi connectivity index (χ1) is 19.5. The summed E-state index contributed by atoms with van der Waals surface area (Å²) in [6.45, 7) is 3.84. The van der Waals surface area contributed by atoms with Crippen LogP contribution in [0.4, 0.5) is 0 Å². The smallest absolute Gasteiger partial charge is 0.343 e. The number of nitrogens with zero attached hydrogens (tertiary/aromatic N) is 1. The summed E-state index contributed by atoms with van der Waals surface area (Å²) >= 11 is 0. The largest absolute Gasteiger partial charge is 0.497 e. The van der Waals surface area contributed by atoms with Gasteiger partial charge in [0.25, 0.3) is 5.91 Å². The van der Waals surface area contributed by atoms with E-state index in [2.05, 4.69) is 10.5 Å². The minimum Gasteiger partial charge on any atom is -0.497 e. The van der Waals surface area contributed by atoms with Crippen LogP contribution in [0.25, 0.3) is 11.1 Å². The average Bonchev–Trinajstić information content (AvgIpc) is 2.99. The predicted molar refractivity (Wildman–Crippen MR) is 153 cm³/mol. The maximum Gasteiger partial charge on any atom is 0.343 e. The van der Waals surface area contributed by atoms with E-state index < -0.39 is 18.0 Å². The monoisotopic (exact) mass is 538 g/mol. The van der Waals surface area contributed by atoms with Gasteiger partial charge >= 0.3 is 5.97 Å². The Morgan fingerprint density at radius 1 is 0.850 bits per heavy atom. The van der Waals surface area contributed by atoms with Crippen LogP contribution in [0.5, 0.6) is 23.0 Å². The summed E-state index contributed by atoms with van der Waals surface area (Å²) in [4.78, 5) is 25.1. The lowest BCUT2D eigenvalue weighted by Gasteiger charge is -2.13. The molecule has 0 aliphatic heterocycles. The second kappa shape index (κ2) is 13.6. The van der Waals surface area contributed by atoms with Gasteiger partial charge in [0.2, 0.25) is 0 Å². The quantitative estimate of drug-likeness (QED) is 0.111. The lowest BCUT2D eigenvalue weighted by atomic mass is 10.1. The van der Waals surface area contributed by atoms with Gasteiger partial charge in [0, 0.05) is 0 Å². The first-order valence-corrected chi connectivity index (χ1v) is 12.7. The number of ether oxygens (including phenoxy) is 4. The molecule has 204 valence electrons. The zero-order valence-corrected chi connectivity index (χ0v) is 22.5. The maximum absolute atomic E-state index is 12.6. The number of methoxy groups -OCH3 is 1. The molecule has 0 fully saturated rings. The molecule has 0 aliphatic carbocycles. The lowest BCUT2D eigenvalue weighted by molar-refractivity contribution is -0.127. The highest BCUT2D eigenvalue weighted by molar-refractivity contribution is 5.92. The standard InChI is InChI=1S/C32H30N2O6/c1-4-38-30-20-23(10-19-29(30)40-32(36)26-13-15-27(37-3)16-14-26)21-33-34-31(35)22(2)39-28-17-11-25(12-18-28)24-8-6-5-7-9-24/h5-22H,4H2,1-3H3,(H,34,35)/b33-21+. The van der Waals surface area contributed by atoms with Crippen LogP contribution >= 0.6 is 0 Å². The minimum atomic E-state index is -0.765. The Morgan fingerprint density at radius 3 is 2.20 bits per heavy atom. The molecule has 1 N–H and O–H groups in total. The van der Waals surface area contributed by atoms with Gasteiger partial charge in [-0.3, -0.25) is 4.79 Å². The highest BCUT2D eigenvalue weighted by Gasteiger charge is 2.15. The molecule has 1 atom stereocenters. The van der Waals surface area contributed by atoms with E-state index in [1.807, 2.05) is 61.5 Å². The van der Waals surface area contributed by atoms with Gasteiger partial charge in [0.05, 0.1) is 25.5 Å². The number of rotatable bonds is 11. The summed E-state index contributed by atoms with van der Waals surface area (Å²) in [5.74, 6) is 0.923. The van der Waals surface area contributed by atoms with Crippen LogP contribution in [0.2, 0.25) is 0 Å². The van der Waals surface area contributed by atoms with Gasteiger partial charge in [-0.2, -0.15) is 5.10 Å². The first kappa shape index (κ1) is 27.9. The Balaban J connectivity index is 1.33. The second-order valence-corrected chi connectivity index (χ2v) is 8.64. The Hall–Kier alpha value is -5.11. The van der Waals surface area contributed by atoms with Crippen molar-refractivity contribution in [3.63, 3.8) is 0 Å². The van der Waals surface area contributed by atoms with Crippen LogP contribution in [0.1, 0.15) is 29.8 Å². The molecule has 4 rings (SSSR count). The summed E-state index contributed by atoms with van der Waals surface area (Å²) in [5.41, 5.74) is 5.66. The van der Waals surface area contributed by atoms with Crippen molar-refractivity contribution in [2.45, 2.75) is 20.0 Å². The summed E-state index contributed by atoms with van der Waals surface area (Å²) in [5, 5.41) is 4.03. The molecular weight excluding hydrogens is 508 g/mol. The number of hydrogen-bond donors (Lipinski definition) is 1. The van der Waals surface area contributed by atoms with Crippen LogP contribution < -0.4 is 24.4 Å². The molecule has 0 spiro atoms. The number of esters is 1. The number of benzene rings is 4. The van der Waals surface area contributed by atoms with Gasteiger partial charge in [-0.1, -0.05) is 42.5 Å². The van der Waals surface area contributed by atoms with Crippen molar-refractivity contribution in [1.29, 1.82) is 0 Å². The molecule has 0 saturated heterocycles. The van der Waals surface area contributed by atoms with Gasteiger partial charge < -0.3 is 18.9 Å². The molecule has 0 heterocycles. The third-order valence-electron chi connectivity index (χ3n) is 5.83. The van der Waals surface area contributed by atoms with Crippen molar-refractivity contribution >= 4 is 18.1 Å². The van der Waals surface area contributed by atoms with Crippen molar-refractivity contribution in [2.75, 3.05) is 13.7 Å². The first-order valence-electron chi connectivity index (χ1n) is 12.7. The minimum absolute atomic E-state index is 0.268. The molecule has 0 aliphatic rings. The number of amides is 1. The van der Waals surface area contributed by atoms with Crippen LogP contribution in [-0.2, 0) is 4.79 Å². The molecular formula is C32H30N2O6. The number of nitrogens with one attached hydrogen (secondary N) is 1. The fourth-order valence-electron chi connectivity index (χ4n) is 3.72. The summed E-state index contributed by atoms with van der Waals surface area (Å²) in [6, 6.07) is 29.1. The molecule has 0 aromatic heterocycles. The third-order valence-corrected chi connectivity index (χ3v) is 5.83. The van der Waals surface area contributed by atoms with Crippen LogP contribution in [-0.4, -0.2) is 37.9 Å². The molecule has 40 heavy (non-hydrogen) atoms. The molecule has 8 nitrogen and oxygen atoms in total. The zero-order valence-electron chi connectivity index (χ0n) is 22.5. The number of hydrazone groups is 1. The summed E-state index contributed by atoms with van der Waals surface area (Å²) in [7, 11) is 1.55. The lowest BCUT2D eigenvalue weighted by Crippen LogP contribution is -2.33. The van der Waals surface area contributed by atoms with Crippen molar-refractivity contribution in [3.8, 4) is 34.1 Å². The molecule has 1 amide bonds. The third kappa shape index (κ3) is 7.48. The number of carbonyl (C=O) groups is 2. The topological polar surface area (TPSA) is 95.5 Å². The van der Waals surface area contributed by atoms with E-state index in [0.717, 1.165) is 11.1 Å².